The fourth-order valence-corrected chi connectivity index (χ4v) is 1.94. The predicted molar refractivity (Wildman–Crippen MR) is 63.7 cm³/mol. The second kappa shape index (κ2) is 4.28. The van der Waals surface area contributed by atoms with Crippen LogP contribution in [-0.4, -0.2) is 22.9 Å². The van der Waals surface area contributed by atoms with E-state index in [1.165, 1.54) is 0 Å². The Hall–Kier alpha value is -1.32. The van der Waals surface area contributed by atoms with Crippen LogP contribution >= 0.6 is 23.2 Å². The van der Waals surface area contributed by atoms with E-state index in [2.05, 4.69) is 4.98 Å². The van der Waals surface area contributed by atoms with Crippen molar-refractivity contribution in [1.29, 1.82) is 0 Å². The van der Waals surface area contributed by atoms with Crippen molar-refractivity contribution in [3.05, 3.63) is 34.5 Å². The lowest BCUT2D eigenvalue weighted by Crippen LogP contribution is -2.00. The van der Waals surface area contributed by atoms with Crippen molar-refractivity contribution in [2.24, 2.45) is 0 Å². The van der Waals surface area contributed by atoms with Crippen LogP contribution in [-0.2, 0) is 0 Å². The summed E-state index contributed by atoms with van der Waals surface area (Å²) in [4.78, 5) is 24.9. The van der Waals surface area contributed by atoms with Crippen molar-refractivity contribution in [3.63, 3.8) is 0 Å². The first-order valence-corrected chi connectivity index (χ1v) is 5.43. The van der Waals surface area contributed by atoms with Crippen LogP contribution in [0.4, 0.5) is 0 Å². The van der Waals surface area contributed by atoms with Crippen molar-refractivity contribution >= 4 is 46.2 Å². The molecular formula is C11H7Cl2NO2. The van der Waals surface area contributed by atoms with Gasteiger partial charge in [-0.15, -0.1) is 11.6 Å². The summed E-state index contributed by atoms with van der Waals surface area (Å²) in [6.45, 7) is 0. The average molecular weight is 256 g/mol. The van der Waals surface area contributed by atoms with E-state index in [4.69, 9.17) is 23.2 Å². The van der Waals surface area contributed by atoms with Crippen LogP contribution in [0.2, 0.25) is 5.02 Å². The molecule has 0 fully saturated rings. The van der Waals surface area contributed by atoms with Gasteiger partial charge < -0.3 is 4.98 Å². The lowest BCUT2D eigenvalue weighted by molar-refractivity contribution is 0.102. The number of aromatic nitrogens is 1. The Balaban J connectivity index is 2.65. The van der Waals surface area contributed by atoms with E-state index < -0.39 is 0 Å². The zero-order chi connectivity index (χ0) is 11.7. The lowest BCUT2D eigenvalue weighted by atomic mass is 10.1. The molecule has 0 atom stereocenters. The van der Waals surface area contributed by atoms with Gasteiger partial charge in [-0.2, -0.15) is 0 Å². The maximum Gasteiger partial charge on any atom is 0.179 e. The number of fused-ring (bicyclic) bond motifs is 1. The summed E-state index contributed by atoms with van der Waals surface area (Å²) in [5, 5.41) is 1.09. The van der Waals surface area contributed by atoms with Gasteiger partial charge in [-0.25, -0.2) is 0 Å². The molecule has 16 heavy (non-hydrogen) atoms. The smallest absolute Gasteiger partial charge is 0.179 e. The van der Waals surface area contributed by atoms with Crippen LogP contribution in [0, 0.1) is 0 Å². The highest BCUT2D eigenvalue weighted by Crippen LogP contribution is 2.24. The Morgan fingerprint density at radius 1 is 1.38 bits per heavy atom. The molecule has 0 saturated heterocycles. The largest absolute Gasteiger partial charge is 0.352 e. The SMILES string of the molecule is O=Cc1cc2cc(C(=O)CCl)c(Cl)cc2[nH]1. The van der Waals surface area contributed by atoms with Crippen LogP contribution < -0.4 is 0 Å². The monoisotopic (exact) mass is 255 g/mol. The van der Waals surface area contributed by atoms with Gasteiger partial charge in [0.25, 0.3) is 0 Å². The number of rotatable bonds is 3. The first-order valence-electron chi connectivity index (χ1n) is 4.52. The maximum atomic E-state index is 11.5. The Labute approximate surface area is 101 Å². The molecule has 82 valence electrons. The number of carbonyl (C=O) groups excluding carboxylic acids is 2. The van der Waals surface area contributed by atoms with Gasteiger partial charge in [0, 0.05) is 16.5 Å². The number of hydrogen-bond acceptors (Lipinski definition) is 2. The van der Waals surface area contributed by atoms with E-state index in [1.54, 1.807) is 18.2 Å². The normalized spacial score (nSPS) is 10.6. The maximum absolute atomic E-state index is 11.5. The summed E-state index contributed by atoms with van der Waals surface area (Å²) < 4.78 is 0. The van der Waals surface area contributed by atoms with Gasteiger partial charge in [0.15, 0.2) is 12.1 Å². The number of aromatic amines is 1. The van der Waals surface area contributed by atoms with Crippen LogP contribution in [0.25, 0.3) is 10.9 Å². The molecule has 0 amide bonds. The third kappa shape index (κ3) is 1.84. The number of halogens is 2. The van der Waals surface area contributed by atoms with Gasteiger partial charge >= 0.3 is 0 Å². The number of nitrogens with one attached hydrogen (secondary N) is 1. The highest BCUT2D eigenvalue weighted by atomic mass is 35.5. The van der Waals surface area contributed by atoms with Crippen LogP contribution in [0.5, 0.6) is 0 Å². The third-order valence-electron chi connectivity index (χ3n) is 2.28. The summed E-state index contributed by atoms with van der Waals surface area (Å²) in [5.41, 5.74) is 1.54. The molecule has 2 aromatic rings. The second-order valence-electron chi connectivity index (χ2n) is 3.32. The van der Waals surface area contributed by atoms with E-state index in [1.807, 2.05) is 0 Å². The molecule has 0 bridgehead atoms. The molecular weight excluding hydrogens is 249 g/mol. The number of benzene rings is 1. The Kier molecular flexibility index (Phi) is 2.99. The van der Waals surface area contributed by atoms with Crippen molar-refractivity contribution < 1.29 is 9.59 Å². The molecule has 0 unspecified atom stereocenters. The van der Waals surface area contributed by atoms with E-state index in [9.17, 15) is 9.59 Å². The standard InChI is InChI=1S/C11H7Cl2NO2/c12-4-11(16)8-2-6-1-7(5-15)14-10(6)3-9(8)13/h1-3,5,14H,4H2. The minimum atomic E-state index is -0.234. The predicted octanol–water partition coefficient (Wildman–Crippen LogP) is 3.06. The number of H-pyrrole nitrogens is 1. The molecule has 1 N–H and O–H groups in total. The van der Waals surface area contributed by atoms with Gasteiger partial charge in [-0.3, -0.25) is 9.59 Å². The van der Waals surface area contributed by atoms with Gasteiger partial charge in [0.05, 0.1) is 16.6 Å². The van der Waals surface area contributed by atoms with Crippen LogP contribution in [0.1, 0.15) is 20.8 Å². The van der Waals surface area contributed by atoms with E-state index >= 15 is 0 Å². The zero-order valence-corrected chi connectivity index (χ0v) is 9.60. The molecule has 3 nitrogen and oxygen atoms in total. The van der Waals surface area contributed by atoms with Crippen molar-refractivity contribution in [3.8, 4) is 0 Å². The molecule has 0 radical (unpaired) electrons. The zero-order valence-electron chi connectivity index (χ0n) is 8.09. The molecule has 1 aromatic heterocycles. The van der Waals surface area contributed by atoms with Crippen LogP contribution in [0.3, 0.4) is 0 Å². The fraction of sp³-hybridized carbons (Fsp3) is 0.0909. The average Bonchev–Trinajstić information content (AvgIpc) is 2.68. The van der Waals surface area contributed by atoms with Gasteiger partial charge in [-0.1, -0.05) is 11.6 Å². The Morgan fingerprint density at radius 3 is 2.75 bits per heavy atom. The topological polar surface area (TPSA) is 49.9 Å². The second-order valence-corrected chi connectivity index (χ2v) is 3.99. The minimum Gasteiger partial charge on any atom is -0.352 e. The summed E-state index contributed by atoms with van der Waals surface area (Å²) in [7, 11) is 0. The molecule has 0 spiro atoms. The quantitative estimate of drug-likeness (QED) is 0.521. The number of hydrogen-bond donors (Lipinski definition) is 1. The highest BCUT2D eigenvalue weighted by Gasteiger charge is 2.11. The molecule has 1 heterocycles. The number of aldehydes is 1. The molecule has 2 rings (SSSR count). The first-order chi connectivity index (χ1) is 7.65. The number of ketones is 1. The summed E-state index contributed by atoms with van der Waals surface area (Å²) in [5.74, 6) is -0.349. The summed E-state index contributed by atoms with van der Waals surface area (Å²) in [6.07, 6.45) is 0.705. The Morgan fingerprint density at radius 2 is 2.12 bits per heavy atom. The highest BCUT2D eigenvalue weighted by molar-refractivity contribution is 6.38. The van der Waals surface area contributed by atoms with Crippen molar-refractivity contribution in [1.82, 2.24) is 4.98 Å². The van der Waals surface area contributed by atoms with E-state index in [0.717, 1.165) is 10.9 Å². The number of alkyl halides is 1. The molecule has 0 aliphatic rings. The summed E-state index contributed by atoms with van der Waals surface area (Å²) >= 11 is 11.4. The number of Topliss-reactive ketones (excluding diaryl/α,β-unsaturated/α-hetero) is 1. The molecule has 0 aliphatic heterocycles. The van der Waals surface area contributed by atoms with Crippen LogP contribution in [0.15, 0.2) is 18.2 Å². The molecule has 0 saturated carbocycles. The fourth-order valence-electron chi connectivity index (χ4n) is 1.53. The lowest BCUT2D eigenvalue weighted by Gasteiger charge is -2.00. The van der Waals surface area contributed by atoms with E-state index in [-0.39, 0.29) is 11.7 Å². The van der Waals surface area contributed by atoms with Crippen molar-refractivity contribution in [2.45, 2.75) is 0 Å². The molecule has 5 heteroatoms. The third-order valence-corrected chi connectivity index (χ3v) is 2.83. The Bertz CT molecular complexity index is 575. The first kappa shape index (κ1) is 11.2. The van der Waals surface area contributed by atoms with E-state index in [0.29, 0.717) is 22.6 Å². The summed E-state index contributed by atoms with van der Waals surface area (Å²) in [6, 6.07) is 4.90. The number of carbonyl (C=O) groups is 2. The van der Waals surface area contributed by atoms with Gasteiger partial charge in [0.1, 0.15) is 0 Å². The van der Waals surface area contributed by atoms with Crippen molar-refractivity contribution in [2.75, 3.05) is 5.88 Å². The molecule has 0 aliphatic carbocycles. The van der Waals surface area contributed by atoms with Gasteiger partial charge in [0.2, 0.25) is 0 Å². The van der Waals surface area contributed by atoms with Gasteiger partial charge in [-0.05, 0) is 18.2 Å². The minimum absolute atomic E-state index is 0.115. The molecule has 1 aromatic carbocycles.